The van der Waals surface area contributed by atoms with E-state index in [0.717, 1.165) is 0 Å². The van der Waals surface area contributed by atoms with Crippen LogP contribution in [0.4, 0.5) is 0 Å². The highest BCUT2D eigenvalue weighted by atomic mass is 15.2. The lowest BCUT2D eigenvalue weighted by Gasteiger charge is -2.24. The molecule has 0 saturated heterocycles. The standard InChI is InChI=1S/C32H66N2/c1-5-7-9-11-13-15-16-17-18-19-20-21-22-24-26-28-30-34(32-31-33(3)4)29-27-25-23-14-12-10-8-6-2/h17-18H,5-16,19-32H2,1-4H3/b18-17-. The van der Waals surface area contributed by atoms with Gasteiger partial charge in [-0.05, 0) is 65.7 Å². The van der Waals surface area contributed by atoms with E-state index in [2.05, 4.69) is 49.9 Å². The lowest BCUT2D eigenvalue weighted by molar-refractivity contribution is 0.231. The van der Waals surface area contributed by atoms with Gasteiger partial charge in [0.1, 0.15) is 0 Å². The van der Waals surface area contributed by atoms with Crippen molar-refractivity contribution in [3.05, 3.63) is 12.2 Å². The number of nitrogens with zero attached hydrogens (tertiary/aromatic N) is 2. The summed E-state index contributed by atoms with van der Waals surface area (Å²) in [5, 5.41) is 0. The number of rotatable bonds is 28. The van der Waals surface area contributed by atoms with Crippen LogP contribution in [-0.2, 0) is 0 Å². The maximum Gasteiger partial charge on any atom is 0.0109 e. The predicted octanol–water partition coefficient (Wildman–Crippen LogP) is 10.0. The Morgan fingerprint density at radius 2 is 0.735 bits per heavy atom. The molecule has 0 atom stereocenters. The first-order chi connectivity index (χ1) is 16.7. The van der Waals surface area contributed by atoms with Crippen molar-refractivity contribution in [3.8, 4) is 0 Å². The van der Waals surface area contributed by atoms with E-state index in [1.165, 1.54) is 167 Å². The molecular weight excluding hydrogens is 412 g/mol. The first kappa shape index (κ1) is 33.7. The molecule has 0 aliphatic rings. The van der Waals surface area contributed by atoms with Crippen LogP contribution in [0.1, 0.15) is 155 Å². The summed E-state index contributed by atoms with van der Waals surface area (Å²) in [5.41, 5.74) is 0. The van der Waals surface area contributed by atoms with Gasteiger partial charge < -0.3 is 9.80 Å². The molecule has 0 saturated carbocycles. The van der Waals surface area contributed by atoms with Gasteiger partial charge in [-0.1, -0.05) is 129 Å². The van der Waals surface area contributed by atoms with E-state index in [4.69, 9.17) is 0 Å². The maximum absolute atomic E-state index is 2.74. The molecule has 34 heavy (non-hydrogen) atoms. The number of unbranched alkanes of at least 4 members (excludes halogenated alkanes) is 19. The quantitative estimate of drug-likeness (QED) is 0.0815. The van der Waals surface area contributed by atoms with Crippen LogP contribution in [0.5, 0.6) is 0 Å². The van der Waals surface area contributed by atoms with E-state index in [1.54, 1.807) is 0 Å². The highest BCUT2D eigenvalue weighted by Gasteiger charge is 2.05. The minimum absolute atomic E-state index is 1.20. The van der Waals surface area contributed by atoms with Crippen molar-refractivity contribution in [2.75, 3.05) is 40.3 Å². The molecule has 0 fully saturated rings. The molecule has 0 spiro atoms. The molecule has 0 radical (unpaired) electrons. The second-order valence-corrected chi connectivity index (χ2v) is 11.1. The fourth-order valence-corrected chi connectivity index (χ4v) is 4.73. The lowest BCUT2D eigenvalue weighted by Crippen LogP contribution is -2.33. The average Bonchev–Trinajstić information content (AvgIpc) is 2.83. The zero-order chi connectivity index (χ0) is 25.0. The molecule has 0 aliphatic heterocycles. The van der Waals surface area contributed by atoms with E-state index in [0.29, 0.717) is 0 Å². The lowest BCUT2D eigenvalue weighted by atomic mass is 10.1. The Labute approximate surface area is 217 Å². The molecule has 0 amide bonds. The molecule has 0 heterocycles. The summed E-state index contributed by atoms with van der Waals surface area (Å²) < 4.78 is 0. The Morgan fingerprint density at radius 3 is 1.12 bits per heavy atom. The second kappa shape index (κ2) is 28.9. The van der Waals surface area contributed by atoms with Crippen molar-refractivity contribution in [1.82, 2.24) is 9.80 Å². The van der Waals surface area contributed by atoms with Gasteiger partial charge in [-0.3, -0.25) is 0 Å². The monoisotopic (exact) mass is 479 g/mol. The van der Waals surface area contributed by atoms with Gasteiger partial charge in [-0.2, -0.15) is 0 Å². The summed E-state index contributed by atoms with van der Waals surface area (Å²) in [5.74, 6) is 0. The summed E-state index contributed by atoms with van der Waals surface area (Å²) >= 11 is 0. The Kier molecular flexibility index (Phi) is 28.6. The molecule has 2 nitrogen and oxygen atoms in total. The van der Waals surface area contributed by atoms with E-state index in [1.807, 2.05) is 0 Å². The molecule has 0 N–H and O–H groups in total. The van der Waals surface area contributed by atoms with Crippen LogP contribution in [-0.4, -0.2) is 50.1 Å². The Hall–Kier alpha value is -0.340. The predicted molar refractivity (Wildman–Crippen MR) is 157 cm³/mol. The average molecular weight is 479 g/mol. The van der Waals surface area contributed by atoms with E-state index < -0.39 is 0 Å². The number of likely N-dealkylation sites (N-methyl/N-ethyl adjacent to an activating group) is 1. The molecule has 0 unspecified atom stereocenters. The van der Waals surface area contributed by atoms with Gasteiger partial charge in [0, 0.05) is 13.1 Å². The molecule has 2 heteroatoms. The Balaban J connectivity index is 3.60. The molecule has 204 valence electrons. The van der Waals surface area contributed by atoms with Crippen molar-refractivity contribution in [2.24, 2.45) is 0 Å². The summed E-state index contributed by atoms with van der Waals surface area (Å²) in [7, 11) is 4.41. The second-order valence-electron chi connectivity index (χ2n) is 11.1. The molecule has 0 bridgehead atoms. The van der Waals surface area contributed by atoms with E-state index >= 15 is 0 Å². The van der Waals surface area contributed by atoms with Crippen LogP contribution in [0, 0.1) is 0 Å². The minimum atomic E-state index is 1.20. The Morgan fingerprint density at radius 1 is 0.382 bits per heavy atom. The molecule has 0 aromatic carbocycles. The van der Waals surface area contributed by atoms with E-state index in [9.17, 15) is 0 Å². The summed E-state index contributed by atoms with van der Waals surface area (Å²) in [6, 6.07) is 0. The third-order valence-corrected chi connectivity index (χ3v) is 7.18. The van der Waals surface area contributed by atoms with Crippen LogP contribution in [0.15, 0.2) is 12.2 Å². The van der Waals surface area contributed by atoms with Crippen LogP contribution in [0.25, 0.3) is 0 Å². The molecular formula is C32H66N2. The van der Waals surface area contributed by atoms with Crippen molar-refractivity contribution < 1.29 is 0 Å². The third kappa shape index (κ3) is 27.9. The highest BCUT2D eigenvalue weighted by molar-refractivity contribution is 4.81. The Bertz CT molecular complexity index is 390. The normalized spacial score (nSPS) is 12.1. The van der Waals surface area contributed by atoms with Crippen molar-refractivity contribution in [3.63, 3.8) is 0 Å². The number of hydrogen-bond acceptors (Lipinski definition) is 2. The zero-order valence-electron chi connectivity index (χ0n) is 24.4. The van der Waals surface area contributed by atoms with Crippen molar-refractivity contribution in [1.29, 1.82) is 0 Å². The first-order valence-electron chi connectivity index (χ1n) is 15.7. The van der Waals surface area contributed by atoms with Crippen LogP contribution < -0.4 is 0 Å². The zero-order valence-corrected chi connectivity index (χ0v) is 24.4. The largest absolute Gasteiger partial charge is 0.308 e. The van der Waals surface area contributed by atoms with Gasteiger partial charge in [-0.25, -0.2) is 0 Å². The van der Waals surface area contributed by atoms with Gasteiger partial charge in [0.25, 0.3) is 0 Å². The SMILES string of the molecule is CCCCCCCC/C=C\CCCCCCCCN(CCCCCCCCCC)CCN(C)C. The van der Waals surface area contributed by atoms with Gasteiger partial charge in [-0.15, -0.1) is 0 Å². The van der Waals surface area contributed by atoms with Gasteiger partial charge in [0.15, 0.2) is 0 Å². The fraction of sp³-hybridized carbons (Fsp3) is 0.938. The van der Waals surface area contributed by atoms with E-state index in [-0.39, 0.29) is 0 Å². The fourth-order valence-electron chi connectivity index (χ4n) is 4.73. The van der Waals surface area contributed by atoms with Crippen molar-refractivity contribution in [2.45, 2.75) is 155 Å². The molecule has 0 aromatic rings. The maximum atomic E-state index is 2.74. The smallest absolute Gasteiger partial charge is 0.0109 e. The molecule has 0 rings (SSSR count). The number of hydrogen-bond donors (Lipinski definition) is 0. The first-order valence-corrected chi connectivity index (χ1v) is 15.7. The summed E-state index contributed by atoms with van der Waals surface area (Å²) in [6.45, 7) is 9.67. The van der Waals surface area contributed by atoms with Crippen LogP contribution in [0.3, 0.4) is 0 Å². The van der Waals surface area contributed by atoms with Crippen molar-refractivity contribution >= 4 is 0 Å². The van der Waals surface area contributed by atoms with Gasteiger partial charge in [0.2, 0.25) is 0 Å². The molecule has 0 aromatic heterocycles. The van der Waals surface area contributed by atoms with Crippen LogP contribution >= 0.6 is 0 Å². The molecule has 0 aliphatic carbocycles. The minimum Gasteiger partial charge on any atom is -0.308 e. The summed E-state index contributed by atoms with van der Waals surface area (Å²) in [4.78, 5) is 5.08. The van der Waals surface area contributed by atoms with Gasteiger partial charge in [0.05, 0.1) is 0 Å². The topological polar surface area (TPSA) is 6.48 Å². The highest BCUT2D eigenvalue weighted by Crippen LogP contribution is 2.12. The summed E-state index contributed by atoms with van der Waals surface area (Å²) in [6.07, 6.45) is 35.8. The third-order valence-electron chi connectivity index (χ3n) is 7.18. The van der Waals surface area contributed by atoms with Crippen LogP contribution in [0.2, 0.25) is 0 Å². The number of allylic oxidation sites excluding steroid dienone is 2. The van der Waals surface area contributed by atoms with Gasteiger partial charge >= 0.3 is 0 Å².